The van der Waals surface area contributed by atoms with Crippen LogP contribution in [0.25, 0.3) is 11.5 Å². The van der Waals surface area contributed by atoms with Crippen molar-refractivity contribution in [3.05, 3.63) is 64.7 Å². The van der Waals surface area contributed by atoms with Crippen LogP contribution < -0.4 is 0 Å². The van der Waals surface area contributed by atoms with Crippen LogP contribution in [0.3, 0.4) is 0 Å². The van der Waals surface area contributed by atoms with Crippen molar-refractivity contribution >= 4 is 27.6 Å². The monoisotopic (exact) mass is 439 g/mol. The highest BCUT2D eigenvalue weighted by Gasteiger charge is 2.23. The van der Waals surface area contributed by atoms with Crippen molar-refractivity contribution in [2.75, 3.05) is 14.1 Å². The number of carbonyl (C=O) groups excluding carboxylic acids is 1. The molecule has 3 aromatic rings. The van der Waals surface area contributed by atoms with E-state index in [4.69, 9.17) is 20.9 Å². The summed E-state index contributed by atoms with van der Waals surface area (Å²) in [5.41, 5.74) is 0.504. The van der Waals surface area contributed by atoms with Crippen molar-refractivity contribution in [3.8, 4) is 11.5 Å². The van der Waals surface area contributed by atoms with Crippen LogP contribution in [0.4, 0.5) is 4.39 Å². The van der Waals surface area contributed by atoms with Gasteiger partial charge >= 0.3 is 5.97 Å². The summed E-state index contributed by atoms with van der Waals surface area (Å²) in [6, 6.07) is 9.23. The molecule has 0 amide bonds. The molecular formula is C18H15ClFN3O5S. The van der Waals surface area contributed by atoms with E-state index in [1.165, 1.54) is 50.5 Å². The van der Waals surface area contributed by atoms with Crippen LogP contribution in [0.1, 0.15) is 16.2 Å². The van der Waals surface area contributed by atoms with Gasteiger partial charge in [-0.1, -0.05) is 16.8 Å². The molecule has 11 heteroatoms. The molecule has 1 heterocycles. The fraction of sp³-hybridized carbons (Fsp3) is 0.167. The molecule has 152 valence electrons. The maximum Gasteiger partial charge on any atom is 0.338 e. The SMILES string of the molecule is CN(C)S(=O)(=O)c1cc(C(=O)OCc2noc(-c3ccc(F)cc3)n2)ccc1Cl. The number of halogens is 2. The zero-order chi connectivity index (χ0) is 21.2. The molecule has 0 bridgehead atoms. The Kier molecular flexibility index (Phi) is 5.96. The summed E-state index contributed by atoms with van der Waals surface area (Å²) < 4.78 is 48.7. The van der Waals surface area contributed by atoms with Crippen molar-refractivity contribution in [3.63, 3.8) is 0 Å². The van der Waals surface area contributed by atoms with Crippen LogP contribution >= 0.6 is 11.6 Å². The van der Waals surface area contributed by atoms with Gasteiger partial charge in [0.25, 0.3) is 5.89 Å². The largest absolute Gasteiger partial charge is 0.454 e. The number of hydrogen-bond donors (Lipinski definition) is 0. The second-order valence-corrected chi connectivity index (χ2v) is 8.56. The quantitative estimate of drug-likeness (QED) is 0.543. The molecule has 0 saturated heterocycles. The summed E-state index contributed by atoms with van der Waals surface area (Å²) in [6.07, 6.45) is 0. The third-order valence-corrected chi connectivity index (χ3v) is 6.11. The summed E-state index contributed by atoms with van der Waals surface area (Å²) >= 11 is 5.96. The minimum absolute atomic E-state index is 0.00271. The molecule has 0 radical (unpaired) electrons. The lowest BCUT2D eigenvalue weighted by Crippen LogP contribution is -2.23. The maximum atomic E-state index is 13.0. The van der Waals surface area contributed by atoms with E-state index in [9.17, 15) is 17.6 Å². The number of aromatic nitrogens is 2. The smallest absolute Gasteiger partial charge is 0.338 e. The predicted octanol–water partition coefficient (Wildman–Crippen LogP) is 3.14. The van der Waals surface area contributed by atoms with Gasteiger partial charge in [-0.05, 0) is 42.5 Å². The van der Waals surface area contributed by atoms with Crippen LogP contribution in [-0.4, -0.2) is 42.9 Å². The number of rotatable bonds is 6. The van der Waals surface area contributed by atoms with Crippen LogP contribution in [0.15, 0.2) is 51.9 Å². The van der Waals surface area contributed by atoms with Gasteiger partial charge < -0.3 is 9.26 Å². The fourth-order valence-corrected chi connectivity index (χ4v) is 3.65. The third kappa shape index (κ3) is 4.61. The fourth-order valence-electron chi connectivity index (χ4n) is 2.26. The number of nitrogens with zero attached hydrogens (tertiary/aromatic N) is 3. The van der Waals surface area contributed by atoms with Gasteiger partial charge in [-0.25, -0.2) is 21.9 Å². The Morgan fingerprint density at radius 3 is 2.55 bits per heavy atom. The average molecular weight is 440 g/mol. The third-order valence-electron chi connectivity index (χ3n) is 3.82. The Hall–Kier alpha value is -2.82. The number of esters is 1. The highest BCUT2D eigenvalue weighted by molar-refractivity contribution is 7.89. The molecule has 0 fully saturated rings. The molecule has 2 aromatic carbocycles. The Labute approximate surface area is 170 Å². The second kappa shape index (κ2) is 8.27. The van der Waals surface area contributed by atoms with Crippen LogP contribution in [-0.2, 0) is 21.4 Å². The van der Waals surface area contributed by atoms with Gasteiger partial charge in [0.2, 0.25) is 15.8 Å². The first-order valence-electron chi connectivity index (χ1n) is 8.16. The van der Waals surface area contributed by atoms with Crippen molar-refractivity contribution in [2.24, 2.45) is 0 Å². The molecule has 0 spiro atoms. The summed E-state index contributed by atoms with van der Waals surface area (Å²) in [5.74, 6) is -0.958. The molecule has 0 N–H and O–H groups in total. The highest BCUT2D eigenvalue weighted by Crippen LogP contribution is 2.25. The van der Waals surface area contributed by atoms with E-state index in [0.29, 0.717) is 5.56 Å². The van der Waals surface area contributed by atoms with Crippen LogP contribution in [0.5, 0.6) is 0 Å². The van der Waals surface area contributed by atoms with Gasteiger partial charge in [-0.15, -0.1) is 0 Å². The molecule has 0 aliphatic rings. The Balaban J connectivity index is 1.73. The minimum Gasteiger partial charge on any atom is -0.454 e. The molecule has 3 rings (SSSR count). The van der Waals surface area contributed by atoms with Gasteiger partial charge in [0, 0.05) is 19.7 Å². The molecule has 0 aliphatic carbocycles. The average Bonchev–Trinajstić information content (AvgIpc) is 3.15. The van der Waals surface area contributed by atoms with Gasteiger partial charge in [-0.3, -0.25) is 0 Å². The lowest BCUT2D eigenvalue weighted by Gasteiger charge is -2.13. The summed E-state index contributed by atoms with van der Waals surface area (Å²) in [6.45, 7) is -0.304. The number of carbonyl (C=O) groups is 1. The normalized spacial score (nSPS) is 11.6. The second-order valence-electron chi connectivity index (χ2n) is 6.03. The van der Waals surface area contributed by atoms with Crippen molar-refractivity contribution < 1.29 is 26.9 Å². The molecule has 0 atom stereocenters. The van der Waals surface area contributed by atoms with Crippen molar-refractivity contribution in [2.45, 2.75) is 11.5 Å². The molecule has 8 nitrogen and oxygen atoms in total. The molecule has 1 aromatic heterocycles. The number of hydrogen-bond acceptors (Lipinski definition) is 7. The van der Waals surface area contributed by atoms with Crippen molar-refractivity contribution in [1.29, 1.82) is 0 Å². The van der Waals surface area contributed by atoms with E-state index in [2.05, 4.69) is 10.1 Å². The lowest BCUT2D eigenvalue weighted by atomic mass is 10.2. The van der Waals surface area contributed by atoms with E-state index < -0.39 is 21.8 Å². The number of sulfonamides is 1. The molecular weight excluding hydrogens is 425 g/mol. The van der Waals surface area contributed by atoms with Crippen molar-refractivity contribution in [1.82, 2.24) is 14.4 Å². The Morgan fingerprint density at radius 2 is 1.90 bits per heavy atom. The van der Waals surface area contributed by atoms with E-state index in [0.717, 1.165) is 10.4 Å². The summed E-state index contributed by atoms with van der Waals surface area (Å²) in [7, 11) is -1.13. The predicted molar refractivity (Wildman–Crippen MR) is 101 cm³/mol. The molecule has 0 saturated carbocycles. The maximum absolute atomic E-state index is 13.0. The number of benzene rings is 2. The van der Waals surface area contributed by atoms with Gasteiger partial charge in [0.15, 0.2) is 6.61 Å². The Bertz CT molecular complexity index is 1150. The summed E-state index contributed by atoms with van der Waals surface area (Å²) in [5, 5.41) is 3.68. The molecule has 0 unspecified atom stereocenters. The first-order valence-corrected chi connectivity index (χ1v) is 9.98. The lowest BCUT2D eigenvalue weighted by molar-refractivity contribution is 0.0459. The van der Waals surface area contributed by atoms with E-state index in [-0.39, 0.29) is 33.8 Å². The van der Waals surface area contributed by atoms with Gasteiger partial charge in [0.05, 0.1) is 10.6 Å². The highest BCUT2D eigenvalue weighted by atomic mass is 35.5. The topological polar surface area (TPSA) is 103 Å². The minimum atomic E-state index is -3.83. The van der Waals surface area contributed by atoms with Crippen LogP contribution in [0, 0.1) is 5.82 Å². The Morgan fingerprint density at radius 1 is 1.21 bits per heavy atom. The zero-order valence-electron chi connectivity index (χ0n) is 15.3. The van der Waals surface area contributed by atoms with Gasteiger partial charge in [0.1, 0.15) is 10.7 Å². The van der Waals surface area contributed by atoms with E-state index >= 15 is 0 Å². The van der Waals surface area contributed by atoms with E-state index in [1.54, 1.807) is 0 Å². The summed E-state index contributed by atoms with van der Waals surface area (Å²) in [4.78, 5) is 16.1. The van der Waals surface area contributed by atoms with Crippen LogP contribution in [0.2, 0.25) is 5.02 Å². The van der Waals surface area contributed by atoms with E-state index in [1.807, 2.05) is 0 Å². The standard InChI is InChI=1S/C18H15ClFN3O5S/c1-23(2)29(25,26)15-9-12(5-8-14(15)19)18(24)27-10-16-21-17(28-22-16)11-3-6-13(20)7-4-11/h3-9H,10H2,1-2H3. The first kappa shape index (κ1) is 20.9. The molecule has 0 aliphatic heterocycles. The first-order chi connectivity index (χ1) is 13.7. The molecule has 29 heavy (non-hydrogen) atoms. The van der Waals surface area contributed by atoms with Gasteiger partial charge in [-0.2, -0.15) is 4.98 Å². The zero-order valence-corrected chi connectivity index (χ0v) is 16.9. The number of ether oxygens (including phenoxy) is 1.